The minimum Gasteiger partial charge on any atom is -0.490 e. The molecule has 2 fully saturated rings. The van der Waals surface area contributed by atoms with E-state index in [1.54, 1.807) is 5.57 Å². The minimum absolute atomic E-state index is 0.499. The second kappa shape index (κ2) is 3.38. The Morgan fingerprint density at radius 1 is 1.24 bits per heavy atom. The molecule has 2 bridgehead atoms. The lowest BCUT2D eigenvalue weighted by molar-refractivity contribution is 0.0797. The van der Waals surface area contributed by atoms with Gasteiger partial charge in [0.25, 0.3) is 0 Å². The predicted octanol–water partition coefficient (Wildman–Crippen LogP) is 3.59. The van der Waals surface area contributed by atoms with Gasteiger partial charge in [0, 0.05) is 11.8 Å². The normalized spacial score (nSPS) is 39.9. The van der Waals surface area contributed by atoms with E-state index >= 15 is 0 Å². The van der Waals surface area contributed by atoms with Gasteiger partial charge in [0.15, 0.2) is 0 Å². The molecule has 2 aliphatic carbocycles. The van der Waals surface area contributed by atoms with Crippen molar-refractivity contribution in [2.75, 3.05) is 0 Å². The third-order valence-corrected chi connectivity index (χ3v) is 5.00. The molecule has 3 aliphatic rings. The summed E-state index contributed by atoms with van der Waals surface area (Å²) in [5, 5.41) is 0. The van der Waals surface area contributed by atoms with E-state index in [0.29, 0.717) is 6.10 Å². The number of hydrogen-bond acceptors (Lipinski definition) is 1. The molecule has 1 aromatic rings. The van der Waals surface area contributed by atoms with E-state index < -0.39 is 0 Å². The molecule has 4 atom stereocenters. The van der Waals surface area contributed by atoms with Gasteiger partial charge < -0.3 is 4.74 Å². The zero-order valence-electron chi connectivity index (χ0n) is 10.2. The molecule has 0 radical (unpaired) electrons. The van der Waals surface area contributed by atoms with Crippen molar-refractivity contribution in [1.29, 1.82) is 0 Å². The van der Waals surface area contributed by atoms with Crippen LogP contribution in [-0.4, -0.2) is 6.10 Å². The van der Waals surface area contributed by atoms with Crippen LogP contribution >= 0.6 is 0 Å². The Bertz CT molecular complexity index is 488. The summed E-state index contributed by atoms with van der Waals surface area (Å²) in [4.78, 5) is 0. The van der Waals surface area contributed by atoms with Crippen molar-refractivity contribution in [1.82, 2.24) is 0 Å². The molecule has 1 heterocycles. The Balaban J connectivity index is 1.72. The number of ether oxygens (including phenoxy) is 1. The summed E-state index contributed by atoms with van der Waals surface area (Å²) in [5.41, 5.74) is 3.11. The SMILES string of the molecule is CC=C1CC2CC1C1Cc3ccccc3OC21. The topological polar surface area (TPSA) is 9.23 Å². The third kappa shape index (κ3) is 1.25. The first-order valence-electron chi connectivity index (χ1n) is 6.76. The van der Waals surface area contributed by atoms with E-state index in [4.69, 9.17) is 4.74 Å². The van der Waals surface area contributed by atoms with Gasteiger partial charge in [0.1, 0.15) is 11.9 Å². The van der Waals surface area contributed by atoms with Gasteiger partial charge in [0.2, 0.25) is 0 Å². The molecule has 0 N–H and O–H groups in total. The number of fused-ring (bicyclic) bond motifs is 6. The van der Waals surface area contributed by atoms with Crippen molar-refractivity contribution in [3.63, 3.8) is 0 Å². The molecule has 1 nitrogen and oxygen atoms in total. The van der Waals surface area contributed by atoms with Crippen LogP contribution in [0.15, 0.2) is 35.9 Å². The summed E-state index contributed by atoms with van der Waals surface area (Å²) in [6.07, 6.45) is 6.72. The third-order valence-electron chi connectivity index (χ3n) is 5.00. The van der Waals surface area contributed by atoms with Crippen molar-refractivity contribution in [3.8, 4) is 5.75 Å². The maximum absolute atomic E-state index is 6.26. The van der Waals surface area contributed by atoms with E-state index in [9.17, 15) is 0 Å². The Kier molecular flexibility index (Phi) is 1.94. The number of allylic oxidation sites excluding steroid dienone is 2. The van der Waals surface area contributed by atoms with E-state index in [1.165, 1.54) is 24.8 Å². The molecule has 0 spiro atoms. The van der Waals surface area contributed by atoms with Crippen molar-refractivity contribution in [2.24, 2.45) is 17.8 Å². The maximum atomic E-state index is 6.26. The van der Waals surface area contributed by atoms with Gasteiger partial charge >= 0.3 is 0 Å². The molecule has 17 heavy (non-hydrogen) atoms. The molecule has 0 amide bonds. The van der Waals surface area contributed by atoms with Crippen LogP contribution in [0, 0.1) is 17.8 Å². The molecule has 1 aromatic carbocycles. The molecule has 4 rings (SSSR count). The first-order valence-corrected chi connectivity index (χ1v) is 6.76. The average molecular weight is 226 g/mol. The van der Waals surface area contributed by atoms with Crippen LogP contribution in [0.1, 0.15) is 25.3 Å². The molecule has 1 aliphatic heterocycles. The van der Waals surface area contributed by atoms with Gasteiger partial charge in [-0.25, -0.2) is 0 Å². The molecule has 0 saturated heterocycles. The quantitative estimate of drug-likeness (QED) is 0.614. The molecular weight excluding hydrogens is 208 g/mol. The van der Waals surface area contributed by atoms with Gasteiger partial charge in [0.05, 0.1) is 0 Å². The fourth-order valence-electron chi connectivity index (χ4n) is 4.26. The highest BCUT2D eigenvalue weighted by molar-refractivity contribution is 5.38. The number of para-hydroxylation sites is 1. The van der Waals surface area contributed by atoms with Gasteiger partial charge in [-0.15, -0.1) is 0 Å². The first-order chi connectivity index (χ1) is 8.36. The van der Waals surface area contributed by atoms with Crippen molar-refractivity contribution in [2.45, 2.75) is 32.3 Å². The van der Waals surface area contributed by atoms with Gasteiger partial charge in [-0.05, 0) is 43.7 Å². The Morgan fingerprint density at radius 3 is 3.00 bits per heavy atom. The molecule has 88 valence electrons. The first kappa shape index (κ1) is 9.76. The van der Waals surface area contributed by atoms with Crippen LogP contribution in [0.25, 0.3) is 0 Å². The lowest BCUT2D eigenvalue weighted by Crippen LogP contribution is -2.38. The minimum atomic E-state index is 0.499. The highest BCUT2D eigenvalue weighted by Crippen LogP contribution is 2.55. The monoisotopic (exact) mass is 226 g/mol. The summed E-state index contributed by atoms with van der Waals surface area (Å²) in [7, 11) is 0. The highest BCUT2D eigenvalue weighted by Gasteiger charge is 2.52. The van der Waals surface area contributed by atoms with Crippen LogP contribution in [0.2, 0.25) is 0 Å². The molecular formula is C16H18O. The van der Waals surface area contributed by atoms with Gasteiger partial charge in [-0.3, -0.25) is 0 Å². The van der Waals surface area contributed by atoms with Crippen LogP contribution in [0.3, 0.4) is 0 Å². The second-order valence-corrected chi connectivity index (χ2v) is 5.73. The number of rotatable bonds is 0. The Labute approximate surface area is 102 Å². The lowest BCUT2D eigenvalue weighted by atomic mass is 9.77. The van der Waals surface area contributed by atoms with Crippen LogP contribution in [0.5, 0.6) is 5.75 Å². The number of hydrogen-bond donors (Lipinski definition) is 0. The Hall–Kier alpha value is -1.24. The van der Waals surface area contributed by atoms with Crippen molar-refractivity contribution in [3.05, 3.63) is 41.5 Å². The van der Waals surface area contributed by atoms with Crippen molar-refractivity contribution < 1.29 is 4.74 Å². The average Bonchev–Trinajstić information content (AvgIpc) is 2.94. The molecule has 0 aromatic heterocycles. The Morgan fingerprint density at radius 2 is 2.12 bits per heavy atom. The van der Waals surface area contributed by atoms with E-state index in [1.807, 2.05) is 0 Å². The van der Waals surface area contributed by atoms with Crippen LogP contribution in [0.4, 0.5) is 0 Å². The highest BCUT2D eigenvalue weighted by atomic mass is 16.5. The van der Waals surface area contributed by atoms with Gasteiger partial charge in [-0.1, -0.05) is 29.8 Å². The van der Waals surface area contributed by atoms with Crippen LogP contribution in [-0.2, 0) is 6.42 Å². The fraction of sp³-hybridized carbons (Fsp3) is 0.500. The van der Waals surface area contributed by atoms with E-state index in [-0.39, 0.29) is 0 Å². The molecule has 2 saturated carbocycles. The van der Waals surface area contributed by atoms with E-state index in [0.717, 1.165) is 23.5 Å². The number of benzene rings is 1. The summed E-state index contributed by atoms with van der Waals surface area (Å²) < 4.78 is 6.26. The molecule has 4 unspecified atom stereocenters. The van der Waals surface area contributed by atoms with Crippen molar-refractivity contribution >= 4 is 0 Å². The summed E-state index contributed by atoms with van der Waals surface area (Å²) in [6.45, 7) is 2.20. The summed E-state index contributed by atoms with van der Waals surface area (Å²) >= 11 is 0. The standard InChI is InChI=1S/C16H18O/c1-2-10-7-12-9-13(10)14-8-11-5-3-4-6-15(11)17-16(12)14/h2-6,12-14,16H,7-9H2,1H3. The zero-order chi connectivity index (χ0) is 11.4. The lowest BCUT2D eigenvalue weighted by Gasteiger charge is -2.37. The van der Waals surface area contributed by atoms with E-state index in [2.05, 4.69) is 37.3 Å². The van der Waals surface area contributed by atoms with Gasteiger partial charge in [-0.2, -0.15) is 0 Å². The smallest absolute Gasteiger partial charge is 0.122 e. The zero-order valence-corrected chi connectivity index (χ0v) is 10.2. The largest absolute Gasteiger partial charge is 0.490 e. The summed E-state index contributed by atoms with van der Waals surface area (Å²) in [5.74, 6) is 3.48. The second-order valence-electron chi connectivity index (χ2n) is 5.73. The summed E-state index contributed by atoms with van der Waals surface area (Å²) in [6, 6.07) is 8.58. The fourth-order valence-corrected chi connectivity index (χ4v) is 4.26. The molecule has 1 heteroatoms. The maximum Gasteiger partial charge on any atom is 0.122 e. The predicted molar refractivity (Wildman–Crippen MR) is 68.0 cm³/mol. The van der Waals surface area contributed by atoms with Crippen LogP contribution < -0.4 is 4.74 Å².